The van der Waals surface area contributed by atoms with Crippen LogP contribution in [0.25, 0.3) is 11.1 Å². The molecule has 3 rings (SSSR count). The molecule has 4 nitrogen and oxygen atoms in total. The number of furan rings is 1. The zero-order valence-electron chi connectivity index (χ0n) is 8.44. The van der Waals surface area contributed by atoms with Gasteiger partial charge in [0.2, 0.25) is 5.71 Å². The van der Waals surface area contributed by atoms with Crippen molar-refractivity contribution in [1.82, 2.24) is 10.3 Å². The summed E-state index contributed by atoms with van der Waals surface area (Å²) in [6.07, 6.45) is 3.57. The highest BCUT2D eigenvalue weighted by molar-refractivity contribution is 5.88. The van der Waals surface area contributed by atoms with Crippen LogP contribution in [-0.4, -0.2) is 31.2 Å². The maximum Gasteiger partial charge on any atom is 0.228 e. The summed E-state index contributed by atoms with van der Waals surface area (Å²) in [6.45, 7) is 4.13. The summed E-state index contributed by atoms with van der Waals surface area (Å²) >= 11 is 0. The molecule has 3 heterocycles. The van der Waals surface area contributed by atoms with Gasteiger partial charge in [-0.2, -0.15) is 0 Å². The zero-order chi connectivity index (χ0) is 10.1. The van der Waals surface area contributed by atoms with E-state index < -0.39 is 0 Å². The van der Waals surface area contributed by atoms with Crippen LogP contribution in [0.15, 0.2) is 29.0 Å². The number of hydrogen-bond donors (Lipinski definition) is 1. The smallest absolute Gasteiger partial charge is 0.228 e. The Bertz CT molecular complexity index is 460. The summed E-state index contributed by atoms with van der Waals surface area (Å²) in [5, 5.41) is 4.45. The molecule has 0 amide bonds. The summed E-state index contributed by atoms with van der Waals surface area (Å²) in [5.41, 5.74) is 1.89. The highest BCUT2D eigenvalue weighted by Gasteiger charge is 2.15. The number of rotatable bonds is 1. The molecular weight excluding hydrogens is 190 g/mol. The fourth-order valence-electron chi connectivity index (χ4n) is 2.01. The topological polar surface area (TPSA) is 41.3 Å². The second kappa shape index (κ2) is 3.55. The van der Waals surface area contributed by atoms with Crippen molar-refractivity contribution < 1.29 is 4.42 Å². The third-order valence-corrected chi connectivity index (χ3v) is 2.79. The first-order valence-corrected chi connectivity index (χ1v) is 5.23. The highest BCUT2D eigenvalue weighted by Crippen LogP contribution is 2.27. The molecule has 1 saturated heterocycles. The van der Waals surface area contributed by atoms with E-state index in [0.29, 0.717) is 0 Å². The number of nitrogens with one attached hydrogen (secondary N) is 1. The lowest BCUT2D eigenvalue weighted by Crippen LogP contribution is -2.43. The van der Waals surface area contributed by atoms with Gasteiger partial charge in [0.1, 0.15) is 6.26 Å². The molecule has 0 saturated carbocycles. The van der Waals surface area contributed by atoms with Gasteiger partial charge in [-0.15, -0.1) is 0 Å². The molecule has 4 heteroatoms. The van der Waals surface area contributed by atoms with E-state index in [4.69, 9.17) is 4.42 Å². The quantitative estimate of drug-likeness (QED) is 0.757. The van der Waals surface area contributed by atoms with Crippen molar-refractivity contribution in [1.29, 1.82) is 0 Å². The Morgan fingerprint density at radius 1 is 1.33 bits per heavy atom. The van der Waals surface area contributed by atoms with Crippen molar-refractivity contribution >= 4 is 16.8 Å². The predicted octanol–water partition coefficient (Wildman–Crippen LogP) is 1.24. The molecule has 1 aliphatic heterocycles. The summed E-state index contributed by atoms with van der Waals surface area (Å²) in [6, 6.07) is 4.01. The van der Waals surface area contributed by atoms with Crippen molar-refractivity contribution in [3.8, 4) is 0 Å². The van der Waals surface area contributed by atoms with Crippen molar-refractivity contribution in [3.63, 3.8) is 0 Å². The number of piperazine rings is 1. The van der Waals surface area contributed by atoms with E-state index in [1.807, 2.05) is 12.3 Å². The van der Waals surface area contributed by atoms with Gasteiger partial charge in [0, 0.05) is 32.4 Å². The number of hydrogen-bond acceptors (Lipinski definition) is 4. The zero-order valence-corrected chi connectivity index (χ0v) is 8.44. The van der Waals surface area contributed by atoms with Gasteiger partial charge in [-0.05, 0) is 12.1 Å². The molecule has 0 bridgehead atoms. The van der Waals surface area contributed by atoms with E-state index in [1.165, 1.54) is 5.69 Å². The second-order valence-electron chi connectivity index (χ2n) is 3.71. The Morgan fingerprint density at radius 2 is 2.20 bits per heavy atom. The number of anilines is 1. The summed E-state index contributed by atoms with van der Waals surface area (Å²) in [5.74, 6) is 0. The third kappa shape index (κ3) is 1.47. The normalized spacial score (nSPS) is 17.2. The molecule has 0 aromatic carbocycles. The summed E-state index contributed by atoms with van der Waals surface area (Å²) in [7, 11) is 0. The highest BCUT2D eigenvalue weighted by atomic mass is 16.3. The maximum absolute atomic E-state index is 5.43. The van der Waals surface area contributed by atoms with E-state index in [9.17, 15) is 0 Å². The van der Waals surface area contributed by atoms with Crippen LogP contribution < -0.4 is 10.2 Å². The molecule has 15 heavy (non-hydrogen) atoms. The molecule has 1 N–H and O–H groups in total. The first-order chi connectivity index (χ1) is 7.45. The molecule has 0 aliphatic carbocycles. The second-order valence-corrected chi connectivity index (χ2v) is 3.71. The Kier molecular flexibility index (Phi) is 2.07. The van der Waals surface area contributed by atoms with Gasteiger partial charge in [-0.1, -0.05) is 0 Å². The minimum absolute atomic E-state index is 0.728. The van der Waals surface area contributed by atoms with Gasteiger partial charge in [0.05, 0.1) is 11.1 Å². The van der Waals surface area contributed by atoms with Crippen LogP contribution in [0.4, 0.5) is 5.69 Å². The molecule has 0 unspecified atom stereocenters. The Hall–Kier alpha value is -1.55. The molecule has 0 radical (unpaired) electrons. The van der Waals surface area contributed by atoms with Gasteiger partial charge in [0.25, 0.3) is 0 Å². The molecule has 0 atom stereocenters. The van der Waals surface area contributed by atoms with E-state index in [0.717, 1.165) is 37.3 Å². The fraction of sp³-hybridized carbons (Fsp3) is 0.364. The first kappa shape index (κ1) is 8.73. The fourth-order valence-corrected chi connectivity index (χ4v) is 2.01. The van der Waals surface area contributed by atoms with Crippen LogP contribution >= 0.6 is 0 Å². The van der Waals surface area contributed by atoms with Crippen molar-refractivity contribution in [3.05, 3.63) is 24.6 Å². The predicted molar refractivity (Wildman–Crippen MR) is 59.1 cm³/mol. The van der Waals surface area contributed by atoms with Crippen molar-refractivity contribution in [2.75, 3.05) is 31.1 Å². The summed E-state index contributed by atoms with van der Waals surface area (Å²) in [4.78, 5) is 6.53. The number of aromatic nitrogens is 1. The lowest BCUT2D eigenvalue weighted by atomic mass is 10.2. The van der Waals surface area contributed by atoms with Crippen LogP contribution in [-0.2, 0) is 0 Å². The number of fused-ring (bicyclic) bond motifs is 1. The van der Waals surface area contributed by atoms with Crippen LogP contribution in [0.2, 0.25) is 0 Å². The number of pyridine rings is 1. The van der Waals surface area contributed by atoms with Crippen LogP contribution in [0, 0.1) is 0 Å². The van der Waals surface area contributed by atoms with E-state index in [1.54, 1.807) is 6.20 Å². The largest absolute Gasteiger partial charge is 0.444 e. The first-order valence-electron chi connectivity index (χ1n) is 5.23. The molecule has 78 valence electrons. The molecule has 0 spiro atoms. The molecule has 2 aromatic rings. The van der Waals surface area contributed by atoms with Gasteiger partial charge in [-0.25, -0.2) is 4.98 Å². The van der Waals surface area contributed by atoms with Gasteiger partial charge in [0.15, 0.2) is 0 Å². The third-order valence-electron chi connectivity index (χ3n) is 2.79. The van der Waals surface area contributed by atoms with Crippen molar-refractivity contribution in [2.24, 2.45) is 0 Å². The Labute approximate surface area is 87.9 Å². The van der Waals surface area contributed by atoms with E-state index in [2.05, 4.69) is 21.3 Å². The summed E-state index contributed by atoms with van der Waals surface area (Å²) < 4.78 is 5.43. The van der Waals surface area contributed by atoms with Crippen LogP contribution in [0.5, 0.6) is 0 Å². The lowest BCUT2D eigenvalue weighted by Gasteiger charge is -2.28. The molecule has 2 aromatic heterocycles. The minimum atomic E-state index is 0.728. The average Bonchev–Trinajstić information content (AvgIpc) is 2.74. The minimum Gasteiger partial charge on any atom is -0.444 e. The Balaban J connectivity index is 2.02. The van der Waals surface area contributed by atoms with E-state index >= 15 is 0 Å². The van der Waals surface area contributed by atoms with Gasteiger partial charge < -0.3 is 14.6 Å². The van der Waals surface area contributed by atoms with E-state index in [-0.39, 0.29) is 0 Å². The van der Waals surface area contributed by atoms with Crippen LogP contribution in [0.1, 0.15) is 0 Å². The number of nitrogens with zero attached hydrogens (tertiary/aromatic N) is 2. The molecule has 1 fully saturated rings. The van der Waals surface area contributed by atoms with Crippen molar-refractivity contribution in [2.45, 2.75) is 0 Å². The Morgan fingerprint density at radius 3 is 3.07 bits per heavy atom. The maximum atomic E-state index is 5.43. The average molecular weight is 203 g/mol. The van der Waals surface area contributed by atoms with Gasteiger partial charge >= 0.3 is 0 Å². The standard InChI is InChI=1S/C11H13N3O/c1-2-9-10(8-15-11(9)13-3-1)14-6-4-12-5-7-14/h1-3,8,12H,4-7H2. The molecule has 1 aliphatic rings. The lowest BCUT2D eigenvalue weighted by molar-refractivity contribution is 0.575. The van der Waals surface area contributed by atoms with Gasteiger partial charge in [-0.3, -0.25) is 0 Å². The van der Waals surface area contributed by atoms with Crippen LogP contribution in [0.3, 0.4) is 0 Å². The molecular formula is C11H13N3O. The monoisotopic (exact) mass is 203 g/mol. The SMILES string of the molecule is c1cnc2occ(N3CCNCC3)c2c1.